The van der Waals surface area contributed by atoms with Gasteiger partial charge in [0.15, 0.2) is 0 Å². The van der Waals surface area contributed by atoms with Crippen molar-refractivity contribution in [3.63, 3.8) is 0 Å². The van der Waals surface area contributed by atoms with Gasteiger partial charge in [0.25, 0.3) is 5.56 Å². The minimum Gasteiger partial charge on any atom is -0.494 e. The van der Waals surface area contributed by atoms with Crippen LogP contribution < -0.4 is 21.3 Å². The maximum atomic E-state index is 12.4. The van der Waals surface area contributed by atoms with Gasteiger partial charge in [-0.1, -0.05) is 19.1 Å². The molecule has 2 aromatic rings. The maximum Gasteiger partial charge on any atom is 0.330 e. The van der Waals surface area contributed by atoms with E-state index in [-0.39, 0.29) is 17.3 Å². The van der Waals surface area contributed by atoms with Gasteiger partial charge in [-0.2, -0.15) is 0 Å². The first-order chi connectivity index (χ1) is 14.8. The van der Waals surface area contributed by atoms with Crippen LogP contribution in [0.15, 0.2) is 44.6 Å². The fourth-order valence-electron chi connectivity index (χ4n) is 3.51. The lowest BCUT2D eigenvalue weighted by Gasteiger charge is -2.16. The minimum atomic E-state index is -0.379. The monoisotopic (exact) mass is 424 g/mol. The van der Waals surface area contributed by atoms with Gasteiger partial charge >= 0.3 is 5.69 Å². The number of rotatable bonds is 9. The predicted octanol–water partition coefficient (Wildman–Crippen LogP) is 4.78. The molecule has 3 rings (SSSR count). The van der Waals surface area contributed by atoms with Gasteiger partial charge < -0.3 is 10.1 Å². The van der Waals surface area contributed by atoms with E-state index in [1.165, 1.54) is 0 Å². The molecule has 1 saturated carbocycles. The van der Waals surface area contributed by atoms with Crippen LogP contribution >= 0.6 is 0 Å². The topological polar surface area (TPSA) is 88.5 Å². The van der Waals surface area contributed by atoms with Gasteiger partial charge in [0.05, 0.1) is 12.2 Å². The van der Waals surface area contributed by atoms with Gasteiger partial charge in [-0.15, -0.1) is 0 Å². The number of anilines is 1. The summed E-state index contributed by atoms with van der Waals surface area (Å²) in [5.74, 6) is 1.29. The molecule has 0 unspecified atom stereocenters. The van der Waals surface area contributed by atoms with Gasteiger partial charge in [-0.05, 0) is 58.6 Å². The van der Waals surface area contributed by atoms with Crippen LogP contribution in [-0.4, -0.2) is 21.9 Å². The zero-order chi connectivity index (χ0) is 22.5. The first-order valence-electron chi connectivity index (χ1n) is 10.9. The number of nitrogens with zero attached hydrogens (tertiary/aromatic N) is 2. The Bertz CT molecular complexity index is 1120. The molecule has 1 aliphatic carbocycles. The predicted molar refractivity (Wildman–Crippen MR) is 126 cm³/mol. The molecule has 0 radical (unpaired) electrons. The molecule has 7 heteroatoms. The average Bonchev–Trinajstić information content (AvgIpc) is 3.54. The first kappa shape index (κ1) is 22.6. The molecule has 0 spiro atoms. The first-order valence-corrected chi connectivity index (χ1v) is 10.9. The molecule has 7 nitrogen and oxygen atoms in total. The maximum absolute atomic E-state index is 12.4. The smallest absolute Gasteiger partial charge is 0.330 e. The summed E-state index contributed by atoms with van der Waals surface area (Å²) in [5, 5.41) is 3.51. The van der Waals surface area contributed by atoms with Crippen molar-refractivity contribution in [2.45, 2.75) is 66.3 Å². The Kier molecular flexibility index (Phi) is 7.15. The molecule has 1 aromatic heterocycles. The van der Waals surface area contributed by atoms with Crippen LogP contribution in [0.2, 0.25) is 0 Å². The molecule has 0 atom stereocenters. The van der Waals surface area contributed by atoms with Gasteiger partial charge in [0.2, 0.25) is 0 Å². The van der Waals surface area contributed by atoms with Gasteiger partial charge in [0, 0.05) is 35.6 Å². The van der Waals surface area contributed by atoms with Crippen molar-refractivity contribution in [3.05, 3.63) is 61.9 Å². The van der Waals surface area contributed by atoms with E-state index in [0.29, 0.717) is 24.4 Å². The molecule has 0 bridgehead atoms. The molecular formula is C24H32N4O3. The summed E-state index contributed by atoms with van der Waals surface area (Å²) >= 11 is 0. The van der Waals surface area contributed by atoms with E-state index >= 15 is 0 Å². The third-order valence-corrected chi connectivity index (χ3v) is 5.26. The number of H-pyrrole nitrogens is 1. The summed E-state index contributed by atoms with van der Waals surface area (Å²) in [5.41, 5.74) is 3.67. The molecule has 0 saturated heterocycles. The van der Waals surface area contributed by atoms with Crippen LogP contribution in [0.4, 0.5) is 11.5 Å². The number of aliphatic imine (C=N–C) groups is 1. The highest BCUT2D eigenvalue weighted by atomic mass is 16.5. The standard InChI is InChI=1S/C24H32N4O3/c1-6-8-18(26-21-14-20(31-7-2)12-9-15(21)3)13-16(4)25-22-17(5)23(29)27-24(30)28(22)19-10-11-19/h8-9,12,14,19,26H,6-7,10-11,13H2,1-5H3,(H,27,29,30)/b18-8+,25-16+. The molecule has 0 amide bonds. The Hall–Kier alpha value is -3.09. The Labute approximate surface area is 182 Å². The number of hydrogen-bond donors (Lipinski definition) is 2. The number of allylic oxidation sites excluding steroid dienone is 2. The molecular weight excluding hydrogens is 392 g/mol. The summed E-state index contributed by atoms with van der Waals surface area (Å²) in [6, 6.07) is 6.13. The van der Waals surface area contributed by atoms with Crippen molar-refractivity contribution in [2.24, 2.45) is 4.99 Å². The summed E-state index contributed by atoms with van der Waals surface area (Å²) in [6.07, 6.45) is 5.45. The number of aromatic amines is 1. The lowest BCUT2D eigenvalue weighted by Crippen LogP contribution is -2.31. The zero-order valence-corrected chi connectivity index (χ0v) is 19.0. The van der Waals surface area contributed by atoms with Crippen molar-refractivity contribution < 1.29 is 4.74 Å². The van der Waals surface area contributed by atoms with Gasteiger partial charge in [-0.25, -0.2) is 9.79 Å². The molecule has 1 aliphatic rings. The van der Waals surface area contributed by atoms with Crippen molar-refractivity contribution in [3.8, 4) is 5.75 Å². The highest BCUT2D eigenvalue weighted by Gasteiger charge is 2.28. The van der Waals surface area contributed by atoms with Crippen molar-refractivity contribution in [2.75, 3.05) is 11.9 Å². The van der Waals surface area contributed by atoms with E-state index < -0.39 is 0 Å². The summed E-state index contributed by atoms with van der Waals surface area (Å²) in [6.45, 7) is 10.4. The van der Waals surface area contributed by atoms with E-state index in [9.17, 15) is 9.59 Å². The van der Waals surface area contributed by atoms with Crippen LogP contribution in [0, 0.1) is 13.8 Å². The highest BCUT2D eigenvalue weighted by molar-refractivity contribution is 5.87. The van der Waals surface area contributed by atoms with Gasteiger partial charge in [0.1, 0.15) is 11.6 Å². The lowest BCUT2D eigenvalue weighted by atomic mass is 10.1. The van der Waals surface area contributed by atoms with Crippen LogP contribution in [0.5, 0.6) is 5.75 Å². The number of aromatic nitrogens is 2. The van der Waals surface area contributed by atoms with Crippen LogP contribution in [0.3, 0.4) is 0 Å². The number of nitrogens with one attached hydrogen (secondary N) is 2. The summed E-state index contributed by atoms with van der Waals surface area (Å²) in [4.78, 5) is 31.7. The van der Waals surface area contributed by atoms with Crippen molar-refractivity contribution in [1.29, 1.82) is 0 Å². The molecule has 1 heterocycles. The lowest BCUT2D eigenvalue weighted by molar-refractivity contribution is 0.340. The second kappa shape index (κ2) is 9.81. The fourth-order valence-corrected chi connectivity index (χ4v) is 3.51. The molecule has 31 heavy (non-hydrogen) atoms. The Morgan fingerprint density at radius 2 is 2.03 bits per heavy atom. The molecule has 166 valence electrons. The molecule has 1 fully saturated rings. The van der Waals surface area contributed by atoms with E-state index in [1.807, 2.05) is 32.0 Å². The molecule has 2 N–H and O–H groups in total. The average molecular weight is 425 g/mol. The largest absolute Gasteiger partial charge is 0.494 e. The quantitative estimate of drug-likeness (QED) is 0.567. The Balaban J connectivity index is 1.89. The minimum absolute atomic E-state index is 0.127. The third kappa shape index (κ3) is 5.54. The van der Waals surface area contributed by atoms with E-state index in [4.69, 9.17) is 9.73 Å². The molecule has 1 aromatic carbocycles. The third-order valence-electron chi connectivity index (χ3n) is 5.26. The second-order valence-electron chi connectivity index (χ2n) is 8.01. The fraction of sp³-hybridized carbons (Fsp3) is 0.458. The van der Waals surface area contributed by atoms with E-state index in [0.717, 1.165) is 47.7 Å². The van der Waals surface area contributed by atoms with Gasteiger partial charge in [-0.3, -0.25) is 14.3 Å². The summed E-state index contributed by atoms with van der Waals surface area (Å²) < 4.78 is 7.26. The second-order valence-corrected chi connectivity index (χ2v) is 8.01. The number of aryl methyl sites for hydroxylation is 1. The molecule has 0 aliphatic heterocycles. The number of hydrogen-bond acceptors (Lipinski definition) is 5. The van der Waals surface area contributed by atoms with E-state index in [2.05, 4.69) is 30.2 Å². The normalized spacial score (nSPS) is 14.6. The van der Waals surface area contributed by atoms with Crippen LogP contribution in [0.1, 0.15) is 63.6 Å². The summed E-state index contributed by atoms with van der Waals surface area (Å²) in [7, 11) is 0. The highest BCUT2D eigenvalue weighted by Crippen LogP contribution is 2.37. The van der Waals surface area contributed by atoms with Crippen molar-refractivity contribution >= 4 is 17.2 Å². The Morgan fingerprint density at radius 3 is 2.68 bits per heavy atom. The SMILES string of the molecule is CC/C=C(\C/C(C)=N/c1c(C)c(=O)[nH]c(=O)n1C1CC1)Nc1cc(OCC)ccc1C. The number of benzene rings is 1. The van der Waals surface area contributed by atoms with Crippen molar-refractivity contribution in [1.82, 2.24) is 9.55 Å². The van der Waals surface area contributed by atoms with Crippen LogP contribution in [0.25, 0.3) is 0 Å². The zero-order valence-electron chi connectivity index (χ0n) is 19.0. The number of ether oxygens (including phenoxy) is 1. The Morgan fingerprint density at radius 1 is 1.29 bits per heavy atom. The van der Waals surface area contributed by atoms with E-state index in [1.54, 1.807) is 11.5 Å². The van der Waals surface area contributed by atoms with Crippen LogP contribution in [-0.2, 0) is 0 Å².